The van der Waals surface area contributed by atoms with Crippen molar-refractivity contribution in [2.24, 2.45) is 5.92 Å². The standard InChI is InChI=1S/C9H16O/c1-2-3-5-9-6-4-7-10-8-9/h2,9H,1,3-8H2. The number of rotatable bonds is 3. The molecule has 1 heterocycles. The first-order valence-electron chi connectivity index (χ1n) is 4.12. The molecular formula is C9H16O. The number of hydrogen-bond donors (Lipinski definition) is 0. The highest BCUT2D eigenvalue weighted by Gasteiger charge is 2.11. The third-order valence-electron chi connectivity index (χ3n) is 2.03. The van der Waals surface area contributed by atoms with Gasteiger partial charge in [0.05, 0.1) is 0 Å². The normalized spacial score (nSPS) is 26.2. The SMILES string of the molecule is C=CCCC1CCCOC1. The van der Waals surface area contributed by atoms with E-state index in [1.807, 2.05) is 6.08 Å². The Balaban J connectivity index is 2.07. The fraction of sp³-hybridized carbons (Fsp3) is 0.778. The molecule has 1 aliphatic rings. The quantitative estimate of drug-likeness (QED) is 0.547. The number of allylic oxidation sites excluding steroid dienone is 1. The smallest absolute Gasteiger partial charge is 0.0494 e. The Labute approximate surface area is 63.1 Å². The summed E-state index contributed by atoms with van der Waals surface area (Å²) in [6.45, 7) is 5.66. The molecule has 10 heavy (non-hydrogen) atoms. The second-order valence-electron chi connectivity index (χ2n) is 2.95. The van der Waals surface area contributed by atoms with E-state index in [4.69, 9.17) is 4.74 Å². The van der Waals surface area contributed by atoms with E-state index in [2.05, 4.69) is 6.58 Å². The third-order valence-corrected chi connectivity index (χ3v) is 2.03. The van der Waals surface area contributed by atoms with E-state index in [1.165, 1.54) is 19.3 Å². The molecule has 1 saturated heterocycles. The second-order valence-corrected chi connectivity index (χ2v) is 2.95. The van der Waals surface area contributed by atoms with E-state index in [0.29, 0.717) is 0 Å². The van der Waals surface area contributed by atoms with Crippen LogP contribution in [0.3, 0.4) is 0 Å². The third kappa shape index (κ3) is 2.53. The van der Waals surface area contributed by atoms with Crippen LogP contribution in [0.4, 0.5) is 0 Å². The van der Waals surface area contributed by atoms with E-state index in [9.17, 15) is 0 Å². The lowest BCUT2D eigenvalue weighted by molar-refractivity contribution is 0.0521. The Morgan fingerprint density at radius 3 is 3.10 bits per heavy atom. The fourth-order valence-corrected chi connectivity index (χ4v) is 1.39. The first-order chi connectivity index (χ1) is 4.93. The van der Waals surface area contributed by atoms with Crippen molar-refractivity contribution in [2.75, 3.05) is 13.2 Å². The van der Waals surface area contributed by atoms with Crippen LogP contribution in [0, 0.1) is 5.92 Å². The average Bonchev–Trinajstić information content (AvgIpc) is 2.03. The zero-order valence-corrected chi connectivity index (χ0v) is 6.51. The maximum atomic E-state index is 5.34. The zero-order valence-electron chi connectivity index (χ0n) is 6.51. The Morgan fingerprint density at radius 2 is 2.50 bits per heavy atom. The molecule has 0 radical (unpaired) electrons. The van der Waals surface area contributed by atoms with Gasteiger partial charge in [-0.2, -0.15) is 0 Å². The predicted octanol–water partition coefficient (Wildman–Crippen LogP) is 2.38. The van der Waals surface area contributed by atoms with E-state index >= 15 is 0 Å². The first-order valence-corrected chi connectivity index (χ1v) is 4.12. The molecule has 1 heteroatoms. The largest absolute Gasteiger partial charge is 0.381 e. The average molecular weight is 140 g/mol. The summed E-state index contributed by atoms with van der Waals surface area (Å²) >= 11 is 0. The monoisotopic (exact) mass is 140 g/mol. The maximum Gasteiger partial charge on any atom is 0.0494 e. The van der Waals surface area contributed by atoms with Gasteiger partial charge in [0, 0.05) is 13.2 Å². The van der Waals surface area contributed by atoms with Gasteiger partial charge in [-0.15, -0.1) is 6.58 Å². The molecule has 0 amide bonds. The lowest BCUT2D eigenvalue weighted by Gasteiger charge is -2.20. The van der Waals surface area contributed by atoms with Gasteiger partial charge >= 0.3 is 0 Å². The van der Waals surface area contributed by atoms with Crippen LogP contribution in [0.1, 0.15) is 25.7 Å². The van der Waals surface area contributed by atoms with Gasteiger partial charge in [-0.05, 0) is 31.6 Å². The molecule has 1 rings (SSSR count). The van der Waals surface area contributed by atoms with E-state index < -0.39 is 0 Å². The van der Waals surface area contributed by atoms with Crippen LogP contribution < -0.4 is 0 Å². The van der Waals surface area contributed by atoms with Gasteiger partial charge in [-0.3, -0.25) is 0 Å². The summed E-state index contributed by atoms with van der Waals surface area (Å²) < 4.78 is 5.34. The van der Waals surface area contributed by atoms with Crippen LogP contribution in [-0.2, 0) is 4.74 Å². The van der Waals surface area contributed by atoms with E-state index in [1.54, 1.807) is 0 Å². The molecular weight excluding hydrogens is 124 g/mol. The van der Waals surface area contributed by atoms with Crippen LogP contribution in [0.25, 0.3) is 0 Å². The minimum atomic E-state index is 0.812. The Bertz CT molecular complexity index is 92.9. The van der Waals surface area contributed by atoms with E-state index in [0.717, 1.165) is 25.6 Å². The summed E-state index contributed by atoms with van der Waals surface area (Å²) in [6, 6.07) is 0. The summed E-state index contributed by atoms with van der Waals surface area (Å²) in [5.74, 6) is 0.812. The first kappa shape index (κ1) is 7.80. The highest BCUT2D eigenvalue weighted by atomic mass is 16.5. The lowest BCUT2D eigenvalue weighted by Crippen LogP contribution is -2.16. The molecule has 1 aliphatic heterocycles. The van der Waals surface area contributed by atoms with Crippen LogP contribution >= 0.6 is 0 Å². The lowest BCUT2D eigenvalue weighted by atomic mass is 9.97. The van der Waals surface area contributed by atoms with Crippen molar-refractivity contribution in [3.63, 3.8) is 0 Å². The summed E-state index contributed by atoms with van der Waals surface area (Å²) in [4.78, 5) is 0. The molecule has 0 aromatic heterocycles. The molecule has 0 spiro atoms. The maximum absolute atomic E-state index is 5.34. The Hall–Kier alpha value is -0.300. The van der Waals surface area contributed by atoms with Crippen LogP contribution in [0.5, 0.6) is 0 Å². The molecule has 0 bridgehead atoms. The molecule has 0 aliphatic carbocycles. The molecule has 1 nitrogen and oxygen atoms in total. The van der Waals surface area contributed by atoms with Gasteiger partial charge in [0.15, 0.2) is 0 Å². The van der Waals surface area contributed by atoms with Crippen molar-refractivity contribution in [1.82, 2.24) is 0 Å². The van der Waals surface area contributed by atoms with Crippen LogP contribution in [0.15, 0.2) is 12.7 Å². The minimum Gasteiger partial charge on any atom is -0.381 e. The highest BCUT2D eigenvalue weighted by Crippen LogP contribution is 2.18. The summed E-state index contributed by atoms with van der Waals surface area (Å²) in [7, 11) is 0. The van der Waals surface area contributed by atoms with Gasteiger partial charge < -0.3 is 4.74 Å². The van der Waals surface area contributed by atoms with Crippen molar-refractivity contribution < 1.29 is 4.74 Å². The zero-order chi connectivity index (χ0) is 7.23. The van der Waals surface area contributed by atoms with Gasteiger partial charge in [0.25, 0.3) is 0 Å². The van der Waals surface area contributed by atoms with Crippen LogP contribution in [-0.4, -0.2) is 13.2 Å². The van der Waals surface area contributed by atoms with Crippen molar-refractivity contribution in [3.8, 4) is 0 Å². The van der Waals surface area contributed by atoms with Crippen molar-refractivity contribution in [1.29, 1.82) is 0 Å². The summed E-state index contributed by atoms with van der Waals surface area (Å²) in [5, 5.41) is 0. The van der Waals surface area contributed by atoms with Gasteiger partial charge in [0.1, 0.15) is 0 Å². The molecule has 0 N–H and O–H groups in total. The Kier molecular flexibility index (Phi) is 3.52. The number of hydrogen-bond acceptors (Lipinski definition) is 1. The molecule has 1 unspecified atom stereocenters. The minimum absolute atomic E-state index is 0.812. The number of ether oxygens (including phenoxy) is 1. The summed E-state index contributed by atoms with van der Waals surface area (Å²) in [6.07, 6.45) is 7.02. The molecule has 0 saturated carbocycles. The molecule has 1 atom stereocenters. The Morgan fingerprint density at radius 1 is 1.60 bits per heavy atom. The molecule has 0 aromatic carbocycles. The fourth-order valence-electron chi connectivity index (χ4n) is 1.39. The van der Waals surface area contributed by atoms with Gasteiger partial charge in [-0.25, -0.2) is 0 Å². The van der Waals surface area contributed by atoms with Gasteiger partial charge in [0.2, 0.25) is 0 Å². The second kappa shape index (κ2) is 4.51. The van der Waals surface area contributed by atoms with Crippen molar-refractivity contribution in [2.45, 2.75) is 25.7 Å². The topological polar surface area (TPSA) is 9.23 Å². The molecule has 58 valence electrons. The molecule has 1 fully saturated rings. The van der Waals surface area contributed by atoms with Crippen molar-refractivity contribution >= 4 is 0 Å². The summed E-state index contributed by atoms with van der Waals surface area (Å²) in [5.41, 5.74) is 0. The predicted molar refractivity (Wildman–Crippen MR) is 43.0 cm³/mol. The highest BCUT2D eigenvalue weighted by molar-refractivity contribution is 4.71. The molecule has 0 aromatic rings. The van der Waals surface area contributed by atoms with E-state index in [-0.39, 0.29) is 0 Å². The van der Waals surface area contributed by atoms with Gasteiger partial charge in [-0.1, -0.05) is 6.08 Å². The van der Waals surface area contributed by atoms with Crippen LogP contribution in [0.2, 0.25) is 0 Å². The van der Waals surface area contributed by atoms with Crippen molar-refractivity contribution in [3.05, 3.63) is 12.7 Å².